The van der Waals surface area contributed by atoms with E-state index in [0.29, 0.717) is 11.1 Å². The molecule has 0 radical (unpaired) electrons. The number of hydrogen-bond donors (Lipinski definition) is 2. The lowest BCUT2D eigenvalue weighted by Crippen LogP contribution is -2.23. The van der Waals surface area contributed by atoms with E-state index in [0.717, 1.165) is 0 Å². The van der Waals surface area contributed by atoms with Crippen LogP contribution in [0, 0.1) is 0 Å². The number of fused-ring (bicyclic) bond motifs is 1. The Labute approximate surface area is 170 Å². The zero-order valence-corrected chi connectivity index (χ0v) is 16.4. The number of ether oxygens (including phenoxy) is 2. The summed E-state index contributed by atoms with van der Waals surface area (Å²) in [6.45, 7) is -0.675. The van der Waals surface area contributed by atoms with E-state index in [9.17, 15) is 22.8 Å². The van der Waals surface area contributed by atoms with Crippen LogP contribution in [0.5, 0.6) is 5.75 Å². The third kappa shape index (κ3) is 4.64. The zero-order chi connectivity index (χ0) is 21.9. The maximum Gasteiger partial charge on any atom is 0.351 e. The van der Waals surface area contributed by atoms with Gasteiger partial charge in [-0.15, -0.1) is 0 Å². The molecule has 0 bridgehead atoms. The lowest BCUT2D eigenvalue weighted by molar-refractivity contribution is -0.119. The van der Waals surface area contributed by atoms with Crippen LogP contribution in [0.2, 0.25) is 0 Å². The van der Waals surface area contributed by atoms with E-state index < -0.39 is 34.1 Å². The molecule has 0 saturated carbocycles. The van der Waals surface area contributed by atoms with Crippen molar-refractivity contribution < 1.29 is 31.9 Å². The molecule has 1 amide bonds. The van der Waals surface area contributed by atoms with E-state index in [1.807, 2.05) is 0 Å². The number of rotatable bonds is 6. The van der Waals surface area contributed by atoms with Crippen LogP contribution in [0.25, 0.3) is 11.0 Å². The van der Waals surface area contributed by atoms with Crippen molar-refractivity contribution in [2.75, 3.05) is 19.0 Å². The molecule has 2 aromatic carbocycles. The minimum Gasteiger partial charge on any atom is -0.493 e. The molecule has 156 valence electrons. The molecule has 11 heteroatoms. The molecule has 1 heterocycles. The average molecular weight is 432 g/mol. The number of sulfonamides is 1. The number of benzene rings is 2. The summed E-state index contributed by atoms with van der Waals surface area (Å²) in [5.74, 6) is -1.40. The first-order valence-corrected chi connectivity index (χ1v) is 9.94. The van der Waals surface area contributed by atoms with Gasteiger partial charge in [-0.1, -0.05) is 12.1 Å². The number of hydrogen-bond acceptors (Lipinski definition) is 8. The summed E-state index contributed by atoms with van der Waals surface area (Å²) >= 11 is 0. The molecule has 0 aliphatic heterocycles. The number of para-hydroxylation sites is 1. The number of carbonyl (C=O) groups excluding carboxylic acids is 2. The number of esters is 1. The monoisotopic (exact) mass is 432 g/mol. The standard InChI is InChI=1S/C19H16N2O8S/c1-27-15-4-2-3-11-9-14(19(24)29-17(11)15)18(23)28-10-16(22)21-12-5-7-13(8-6-12)30(20,25)26/h2-9H,10H2,1H3,(H,21,22)(H2,20,25,26). The van der Waals surface area contributed by atoms with Gasteiger partial charge in [0.05, 0.1) is 12.0 Å². The Morgan fingerprint density at radius 3 is 2.47 bits per heavy atom. The van der Waals surface area contributed by atoms with Gasteiger partial charge >= 0.3 is 11.6 Å². The second-order valence-electron chi connectivity index (χ2n) is 6.02. The SMILES string of the molecule is COc1cccc2cc(C(=O)OCC(=O)Nc3ccc(S(N)(=O)=O)cc3)c(=O)oc12. The molecule has 1 aromatic heterocycles. The van der Waals surface area contributed by atoms with E-state index in [1.165, 1.54) is 37.4 Å². The van der Waals surface area contributed by atoms with Gasteiger partial charge in [-0.25, -0.2) is 23.1 Å². The molecule has 0 unspecified atom stereocenters. The Balaban J connectivity index is 1.67. The number of nitrogens with two attached hydrogens (primary N) is 1. The normalized spacial score (nSPS) is 11.1. The molecule has 0 atom stereocenters. The molecule has 0 aliphatic carbocycles. The lowest BCUT2D eigenvalue weighted by Gasteiger charge is -2.08. The van der Waals surface area contributed by atoms with E-state index in [-0.39, 0.29) is 21.7 Å². The van der Waals surface area contributed by atoms with Crippen LogP contribution in [0.4, 0.5) is 5.69 Å². The molecule has 3 N–H and O–H groups in total. The number of methoxy groups -OCH3 is 1. The van der Waals surface area contributed by atoms with Crippen LogP contribution < -0.4 is 20.8 Å². The molecule has 3 rings (SSSR count). The predicted molar refractivity (Wildman–Crippen MR) is 106 cm³/mol. The minimum atomic E-state index is -3.85. The smallest absolute Gasteiger partial charge is 0.351 e. The molecule has 3 aromatic rings. The van der Waals surface area contributed by atoms with Crippen LogP contribution >= 0.6 is 0 Å². The van der Waals surface area contributed by atoms with Crippen LogP contribution in [0.15, 0.2) is 62.6 Å². The second kappa shape index (κ2) is 8.35. The Hall–Kier alpha value is -3.70. The van der Waals surface area contributed by atoms with Crippen LogP contribution in [0.3, 0.4) is 0 Å². The van der Waals surface area contributed by atoms with Gasteiger partial charge < -0.3 is 19.2 Å². The first-order valence-electron chi connectivity index (χ1n) is 8.40. The fourth-order valence-corrected chi connectivity index (χ4v) is 3.07. The highest BCUT2D eigenvalue weighted by Gasteiger charge is 2.18. The van der Waals surface area contributed by atoms with Crippen molar-refractivity contribution in [1.29, 1.82) is 0 Å². The Morgan fingerprint density at radius 2 is 1.83 bits per heavy atom. The Morgan fingerprint density at radius 1 is 1.13 bits per heavy atom. The van der Waals surface area contributed by atoms with Gasteiger partial charge in [0.1, 0.15) is 5.56 Å². The van der Waals surface area contributed by atoms with Gasteiger partial charge in [0.2, 0.25) is 10.0 Å². The maximum atomic E-state index is 12.2. The molecular weight excluding hydrogens is 416 g/mol. The highest BCUT2D eigenvalue weighted by Crippen LogP contribution is 2.24. The van der Waals surface area contributed by atoms with Crippen molar-refractivity contribution in [3.8, 4) is 5.75 Å². The maximum absolute atomic E-state index is 12.2. The van der Waals surface area contributed by atoms with Gasteiger partial charge in [-0.3, -0.25) is 4.79 Å². The molecular formula is C19H16N2O8S. The van der Waals surface area contributed by atoms with E-state index in [1.54, 1.807) is 18.2 Å². The highest BCUT2D eigenvalue weighted by atomic mass is 32.2. The average Bonchev–Trinajstić information content (AvgIpc) is 2.71. The van der Waals surface area contributed by atoms with Gasteiger partial charge in [0.25, 0.3) is 5.91 Å². The molecule has 0 saturated heterocycles. The van der Waals surface area contributed by atoms with Crippen LogP contribution in [0.1, 0.15) is 10.4 Å². The fraction of sp³-hybridized carbons (Fsp3) is 0.105. The predicted octanol–water partition coefficient (Wildman–Crippen LogP) is 1.24. The van der Waals surface area contributed by atoms with E-state index in [2.05, 4.69) is 5.32 Å². The molecule has 0 fully saturated rings. The van der Waals surface area contributed by atoms with Crippen molar-refractivity contribution in [2.45, 2.75) is 4.90 Å². The summed E-state index contributed by atoms with van der Waals surface area (Å²) in [4.78, 5) is 36.2. The fourth-order valence-electron chi connectivity index (χ4n) is 2.55. The number of primary sulfonamides is 1. The molecule has 0 spiro atoms. The minimum absolute atomic E-state index is 0.119. The van der Waals surface area contributed by atoms with Gasteiger partial charge in [-0.05, 0) is 36.4 Å². The van der Waals surface area contributed by atoms with Crippen molar-refractivity contribution in [3.05, 3.63) is 64.5 Å². The second-order valence-corrected chi connectivity index (χ2v) is 7.58. The molecule has 30 heavy (non-hydrogen) atoms. The third-order valence-corrected chi connectivity index (χ3v) is 4.89. The summed E-state index contributed by atoms with van der Waals surface area (Å²) < 4.78 is 37.5. The number of anilines is 1. The quantitative estimate of drug-likeness (QED) is 0.435. The Kier molecular flexibility index (Phi) is 5.85. The van der Waals surface area contributed by atoms with E-state index >= 15 is 0 Å². The van der Waals surface area contributed by atoms with Crippen molar-refractivity contribution in [3.63, 3.8) is 0 Å². The zero-order valence-electron chi connectivity index (χ0n) is 15.6. The summed E-state index contributed by atoms with van der Waals surface area (Å²) in [7, 11) is -2.44. The van der Waals surface area contributed by atoms with Crippen molar-refractivity contribution in [2.24, 2.45) is 5.14 Å². The van der Waals surface area contributed by atoms with E-state index in [4.69, 9.17) is 19.0 Å². The summed E-state index contributed by atoms with van der Waals surface area (Å²) in [6.07, 6.45) is 0. The number of amides is 1. The largest absolute Gasteiger partial charge is 0.493 e. The summed E-state index contributed by atoms with van der Waals surface area (Å²) in [6, 6.07) is 11.2. The highest BCUT2D eigenvalue weighted by molar-refractivity contribution is 7.89. The molecule has 0 aliphatic rings. The number of nitrogens with one attached hydrogen (secondary N) is 1. The Bertz CT molecular complexity index is 1280. The van der Waals surface area contributed by atoms with Gasteiger partial charge in [0, 0.05) is 11.1 Å². The third-order valence-electron chi connectivity index (χ3n) is 3.96. The number of carbonyl (C=O) groups is 2. The first-order chi connectivity index (χ1) is 14.2. The van der Waals surface area contributed by atoms with Crippen LogP contribution in [-0.2, 0) is 19.6 Å². The summed E-state index contributed by atoms with van der Waals surface area (Å²) in [5, 5.41) is 7.86. The lowest BCUT2D eigenvalue weighted by atomic mass is 10.2. The topological polar surface area (TPSA) is 155 Å². The van der Waals surface area contributed by atoms with Gasteiger partial charge in [0.15, 0.2) is 17.9 Å². The summed E-state index contributed by atoms with van der Waals surface area (Å²) in [5.41, 5.74) is -0.861. The van der Waals surface area contributed by atoms with Crippen LogP contribution in [-0.4, -0.2) is 34.0 Å². The van der Waals surface area contributed by atoms with Gasteiger partial charge in [-0.2, -0.15) is 0 Å². The first kappa shape index (κ1) is 21.0. The van der Waals surface area contributed by atoms with Crippen molar-refractivity contribution in [1.82, 2.24) is 0 Å². The van der Waals surface area contributed by atoms with Crippen molar-refractivity contribution >= 4 is 38.6 Å². The molecule has 10 nitrogen and oxygen atoms in total.